The van der Waals surface area contributed by atoms with Crippen molar-refractivity contribution in [1.82, 2.24) is 9.55 Å². The molecule has 1 aliphatic rings. The van der Waals surface area contributed by atoms with Crippen molar-refractivity contribution < 1.29 is 9.13 Å². The summed E-state index contributed by atoms with van der Waals surface area (Å²) < 4.78 is 21.3. The molecule has 102 valence electrons. The van der Waals surface area contributed by atoms with Crippen molar-refractivity contribution in [3.63, 3.8) is 0 Å². The number of hydrogen-bond donors (Lipinski definition) is 1. The van der Waals surface area contributed by atoms with Gasteiger partial charge in [-0.05, 0) is 40.8 Å². The predicted molar refractivity (Wildman–Crippen MR) is 75.3 cm³/mol. The van der Waals surface area contributed by atoms with E-state index in [1.54, 1.807) is 10.6 Å². The van der Waals surface area contributed by atoms with Gasteiger partial charge in [0.2, 0.25) is 5.95 Å². The Hall–Kier alpha value is -1.14. The molecule has 3 rings (SSSR count). The molecule has 1 saturated carbocycles. The third kappa shape index (κ3) is 2.74. The lowest BCUT2D eigenvalue weighted by atomic mass is 10.3. The van der Waals surface area contributed by atoms with Crippen LogP contribution in [0.5, 0.6) is 0 Å². The molecule has 0 radical (unpaired) electrons. The van der Waals surface area contributed by atoms with Crippen LogP contribution in [0.25, 0.3) is 11.0 Å². The minimum Gasteiger partial charge on any atom is -0.379 e. The molecular formula is C13H15BrFN3O. The molecule has 0 unspecified atom stereocenters. The van der Waals surface area contributed by atoms with Crippen LogP contribution in [-0.4, -0.2) is 22.8 Å². The highest BCUT2D eigenvalue weighted by atomic mass is 79.9. The summed E-state index contributed by atoms with van der Waals surface area (Å²) in [4.78, 5) is 4.23. The van der Waals surface area contributed by atoms with Gasteiger partial charge in [-0.1, -0.05) is 0 Å². The predicted octanol–water partition coefficient (Wildman–Crippen LogP) is 2.95. The lowest BCUT2D eigenvalue weighted by molar-refractivity contribution is 0.118. The molecule has 0 bridgehead atoms. The smallest absolute Gasteiger partial charge is 0.201 e. The SMILES string of the molecule is Nc1nc2cc(Br)c(F)cc2n1CCOCC1CC1. The Morgan fingerprint density at radius 2 is 2.26 bits per heavy atom. The zero-order valence-corrected chi connectivity index (χ0v) is 12.0. The zero-order chi connectivity index (χ0) is 13.4. The van der Waals surface area contributed by atoms with Crippen LogP contribution >= 0.6 is 15.9 Å². The number of nitrogen functional groups attached to an aromatic ring is 1. The maximum absolute atomic E-state index is 13.6. The van der Waals surface area contributed by atoms with Gasteiger partial charge >= 0.3 is 0 Å². The summed E-state index contributed by atoms with van der Waals surface area (Å²) >= 11 is 3.15. The molecule has 1 heterocycles. The molecular weight excluding hydrogens is 313 g/mol. The van der Waals surface area contributed by atoms with E-state index in [9.17, 15) is 4.39 Å². The Kier molecular flexibility index (Phi) is 3.45. The van der Waals surface area contributed by atoms with Crippen LogP contribution < -0.4 is 5.73 Å². The van der Waals surface area contributed by atoms with Crippen LogP contribution in [0.4, 0.5) is 10.3 Å². The van der Waals surface area contributed by atoms with Crippen LogP contribution in [0.1, 0.15) is 12.8 Å². The number of imidazole rings is 1. The van der Waals surface area contributed by atoms with E-state index < -0.39 is 0 Å². The molecule has 0 saturated heterocycles. The molecule has 1 aliphatic carbocycles. The minimum absolute atomic E-state index is 0.312. The van der Waals surface area contributed by atoms with E-state index in [1.807, 2.05) is 0 Å². The highest BCUT2D eigenvalue weighted by molar-refractivity contribution is 9.10. The summed E-state index contributed by atoms with van der Waals surface area (Å²) in [6.45, 7) is 1.98. The fraction of sp³-hybridized carbons (Fsp3) is 0.462. The van der Waals surface area contributed by atoms with E-state index in [2.05, 4.69) is 20.9 Å². The maximum Gasteiger partial charge on any atom is 0.201 e. The monoisotopic (exact) mass is 327 g/mol. The van der Waals surface area contributed by atoms with Crippen LogP contribution in [0.3, 0.4) is 0 Å². The first-order valence-corrected chi connectivity index (χ1v) is 7.13. The topological polar surface area (TPSA) is 53.1 Å². The molecule has 2 N–H and O–H groups in total. The van der Waals surface area contributed by atoms with E-state index in [4.69, 9.17) is 10.5 Å². The standard InChI is InChI=1S/C13H15BrFN3O/c14-9-5-11-12(6-10(9)15)18(13(16)17-11)3-4-19-7-8-1-2-8/h5-6,8H,1-4,7H2,(H2,16,17). The molecule has 6 heteroatoms. The number of halogens is 2. The van der Waals surface area contributed by atoms with Crippen molar-refractivity contribution in [3.8, 4) is 0 Å². The van der Waals surface area contributed by atoms with E-state index in [1.165, 1.54) is 18.9 Å². The van der Waals surface area contributed by atoms with Crippen LogP contribution in [-0.2, 0) is 11.3 Å². The van der Waals surface area contributed by atoms with Gasteiger partial charge in [-0.2, -0.15) is 0 Å². The Balaban J connectivity index is 1.76. The molecule has 19 heavy (non-hydrogen) atoms. The van der Waals surface area contributed by atoms with Crippen molar-refractivity contribution in [2.75, 3.05) is 18.9 Å². The molecule has 4 nitrogen and oxygen atoms in total. The number of aromatic nitrogens is 2. The van der Waals surface area contributed by atoms with Crippen molar-refractivity contribution in [3.05, 3.63) is 22.4 Å². The minimum atomic E-state index is -0.312. The third-order valence-electron chi connectivity index (χ3n) is 3.33. The van der Waals surface area contributed by atoms with Gasteiger partial charge in [-0.3, -0.25) is 0 Å². The summed E-state index contributed by atoms with van der Waals surface area (Å²) in [6, 6.07) is 3.09. The Bertz CT molecular complexity index is 609. The summed E-state index contributed by atoms with van der Waals surface area (Å²) in [7, 11) is 0. The van der Waals surface area contributed by atoms with Crippen molar-refractivity contribution in [2.24, 2.45) is 5.92 Å². The van der Waals surface area contributed by atoms with Gasteiger partial charge in [-0.25, -0.2) is 9.37 Å². The first kappa shape index (κ1) is 12.9. The van der Waals surface area contributed by atoms with Crippen LogP contribution in [0.2, 0.25) is 0 Å². The largest absolute Gasteiger partial charge is 0.379 e. The first-order valence-electron chi connectivity index (χ1n) is 6.33. The average molecular weight is 328 g/mol. The molecule has 1 aromatic carbocycles. The number of nitrogens with zero attached hydrogens (tertiary/aromatic N) is 2. The van der Waals surface area contributed by atoms with Gasteiger partial charge < -0.3 is 15.0 Å². The number of nitrogens with two attached hydrogens (primary N) is 1. The van der Waals surface area contributed by atoms with E-state index in [-0.39, 0.29) is 5.82 Å². The second-order valence-corrected chi connectivity index (χ2v) is 5.75. The summed E-state index contributed by atoms with van der Waals surface area (Å²) in [5.74, 6) is 0.820. The van der Waals surface area contributed by atoms with Crippen LogP contribution in [0, 0.1) is 11.7 Å². The van der Waals surface area contributed by atoms with E-state index in [0.717, 1.165) is 12.5 Å². The third-order valence-corrected chi connectivity index (χ3v) is 3.94. The quantitative estimate of drug-likeness (QED) is 0.859. The maximum atomic E-state index is 13.6. The number of benzene rings is 1. The van der Waals surface area contributed by atoms with Gasteiger partial charge in [0.25, 0.3) is 0 Å². The van der Waals surface area contributed by atoms with E-state index >= 15 is 0 Å². The normalized spacial score (nSPS) is 15.3. The van der Waals surface area contributed by atoms with Crippen molar-refractivity contribution >= 4 is 32.9 Å². The summed E-state index contributed by atoms with van der Waals surface area (Å²) in [5.41, 5.74) is 7.26. The lowest BCUT2D eigenvalue weighted by Crippen LogP contribution is -2.10. The molecule has 2 aromatic rings. The average Bonchev–Trinajstić information content (AvgIpc) is 3.13. The van der Waals surface area contributed by atoms with Gasteiger partial charge in [0.15, 0.2) is 0 Å². The van der Waals surface area contributed by atoms with Gasteiger partial charge in [-0.15, -0.1) is 0 Å². The first-order chi connectivity index (χ1) is 9.15. The van der Waals surface area contributed by atoms with Gasteiger partial charge in [0.1, 0.15) is 5.82 Å². The molecule has 0 spiro atoms. The fourth-order valence-electron chi connectivity index (χ4n) is 2.06. The molecule has 0 amide bonds. The number of hydrogen-bond acceptors (Lipinski definition) is 3. The highest BCUT2D eigenvalue weighted by Gasteiger charge is 2.21. The summed E-state index contributed by atoms with van der Waals surface area (Å²) in [6.07, 6.45) is 2.55. The number of rotatable bonds is 5. The molecule has 0 atom stereocenters. The van der Waals surface area contributed by atoms with Crippen molar-refractivity contribution in [2.45, 2.75) is 19.4 Å². The fourth-order valence-corrected chi connectivity index (χ4v) is 2.40. The number of ether oxygens (including phenoxy) is 1. The Morgan fingerprint density at radius 3 is 3.00 bits per heavy atom. The Morgan fingerprint density at radius 1 is 1.47 bits per heavy atom. The summed E-state index contributed by atoms with van der Waals surface area (Å²) in [5, 5.41) is 0. The highest BCUT2D eigenvalue weighted by Crippen LogP contribution is 2.29. The second-order valence-electron chi connectivity index (χ2n) is 4.89. The molecule has 1 fully saturated rings. The van der Waals surface area contributed by atoms with Gasteiger partial charge in [0, 0.05) is 19.2 Å². The van der Waals surface area contributed by atoms with Crippen LogP contribution in [0.15, 0.2) is 16.6 Å². The Labute approximate surface area is 118 Å². The lowest BCUT2D eigenvalue weighted by Gasteiger charge is -2.07. The van der Waals surface area contributed by atoms with Gasteiger partial charge in [0.05, 0.1) is 22.1 Å². The van der Waals surface area contributed by atoms with E-state index in [0.29, 0.717) is 34.6 Å². The molecule has 1 aromatic heterocycles. The van der Waals surface area contributed by atoms with Crippen molar-refractivity contribution in [1.29, 1.82) is 0 Å². The number of fused-ring (bicyclic) bond motifs is 1. The number of anilines is 1. The molecule has 0 aliphatic heterocycles. The second kappa shape index (κ2) is 5.09. The zero-order valence-electron chi connectivity index (χ0n) is 10.4.